The van der Waals surface area contributed by atoms with Crippen LogP contribution in [0.25, 0.3) is 0 Å². The summed E-state index contributed by atoms with van der Waals surface area (Å²) in [6.07, 6.45) is 1.34. The monoisotopic (exact) mass is 426 g/mol. The molecule has 2 rings (SSSR count). The molecule has 0 aliphatic rings. The van der Waals surface area contributed by atoms with Crippen LogP contribution in [0.2, 0.25) is 5.02 Å². The molecular weight excluding hydrogens is 404 g/mol. The Morgan fingerprint density at radius 3 is 2.25 bits per heavy atom. The first-order chi connectivity index (χ1) is 13.2. The number of rotatable bonds is 8. The highest BCUT2D eigenvalue weighted by atomic mass is 35.5. The predicted molar refractivity (Wildman–Crippen MR) is 111 cm³/mol. The second kappa shape index (κ2) is 9.16. The molecule has 1 N–H and O–H groups in total. The molecule has 2 aromatic rings. The summed E-state index contributed by atoms with van der Waals surface area (Å²) in [6.45, 7) is 1.74. The summed E-state index contributed by atoms with van der Waals surface area (Å²) in [4.78, 5) is 13.0. The van der Waals surface area contributed by atoms with Crippen molar-refractivity contribution in [3.63, 3.8) is 0 Å². The lowest BCUT2D eigenvalue weighted by Crippen LogP contribution is -2.47. The number of para-hydroxylation sites is 1. The average molecular weight is 427 g/mol. The molecule has 0 heterocycles. The van der Waals surface area contributed by atoms with Gasteiger partial charge in [-0.05, 0) is 18.6 Å². The maximum Gasteiger partial charge on any atom is 0.248 e. The lowest BCUT2D eigenvalue weighted by molar-refractivity contribution is -0.117. The fourth-order valence-corrected chi connectivity index (χ4v) is 4.25. The first-order valence-corrected chi connectivity index (χ1v) is 10.7. The van der Waals surface area contributed by atoms with Crippen LogP contribution in [-0.2, 0) is 14.8 Å². The second-order valence-corrected chi connectivity index (χ2v) is 8.26. The standard InChI is InChI=1S/C19H23ClN2O5S/c1-5-16(22(28(4,24)25)13-9-7-6-8-10-13)19(23)21-15-12-17(26-2)14(20)11-18(15)27-3/h6-12,16H,5H2,1-4H3,(H,21,23). The number of carbonyl (C=O) groups is 1. The van der Waals surface area contributed by atoms with Gasteiger partial charge in [0.15, 0.2) is 0 Å². The van der Waals surface area contributed by atoms with Gasteiger partial charge < -0.3 is 14.8 Å². The third-order valence-electron chi connectivity index (χ3n) is 4.07. The molecule has 0 aliphatic carbocycles. The summed E-state index contributed by atoms with van der Waals surface area (Å²) >= 11 is 6.09. The maximum atomic E-state index is 13.0. The highest BCUT2D eigenvalue weighted by Gasteiger charge is 2.32. The Balaban J connectivity index is 2.42. The van der Waals surface area contributed by atoms with Crippen LogP contribution in [0.4, 0.5) is 11.4 Å². The molecule has 0 saturated heterocycles. The largest absolute Gasteiger partial charge is 0.495 e. The number of hydrogen-bond acceptors (Lipinski definition) is 5. The Morgan fingerprint density at radius 2 is 1.75 bits per heavy atom. The summed E-state index contributed by atoms with van der Waals surface area (Å²) in [5, 5.41) is 3.05. The molecule has 0 radical (unpaired) electrons. The highest BCUT2D eigenvalue weighted by molar-refractivity contribution is 7.92. The second-order valence-electron chi connectivity index (χ2n) is 5.99. The predicted octanol–water partition coefficient (Wildman–Crippen LogP) is 3.54. The van der Waals surface area contributed by atoms with Crippen LogP contribution in [0.5, 0.6) is 11.5 Å². The normalized spacial score (nSPS) is 12.2. The van der Waals surface area contributed by atoms with E-state index in [1.807, 2.05) is 0 Å². The number of halogens is 1. The van der Waals surface area contributed by atoms with Gasteiger partial charge in [-0.2, -0.15) is 0 Å². The number of nitrogens with zero attached hydrogens (tertiary/aromatic N) is 1. The van der Waals surface area contributed by atoms with E-state index in [1.54, 1.807) is 37.3 Å². The molecule has 28 heavy (non-hydrogen) atoms. The fourth-order valence-electron chi connectivity index (χ4n) is 2.81. The quantitative estimate of drug-likeness (QED) is 0.697. The summed E-state index contributed by atoms with van der Waals surface area (Å²) in [6, 6.07) is 10.6. The van der Waals surface area contributed by atoms with Gasteiger partial charge in [-0.25, -0.2) is 8.42 Å². The smallest absolute Gasteiger partial charge is 0.248 e. The van der Waals surface area contributed by atoms with Crippen molar-refractivity contribution in [2.24, 2.45) is 0 Å². The Kier molecular flexibility index (Phi) is 7.15. The summed E-state index contributed by atoms with van der Waals surface area (Å²) < 4.78 is 36.4. The van der Waals surface area contributed by atoms with Gasteiger partial charge in [0, 0.05) is 12.1 Å². The van der Waals surface area contributed by atoms with E-state index >= 15 is 0 Å². The van der Waals surface area contributed by atoms with E-state index in [-0.39, 0.29) is 6.42 Å². The number of methoxy groups -OCH3 is 2. The van der Waals surface area contributed by atoms with Crippen molar-refractivity contribution in [3.05, 3.63) is 47.5 Å². The minimum absolute atomic E-state index is 0.265. The molecule has 0 fully saturated rings. The van der Waals surface area contributed by atoms with Crippen LogP contribution in [0.1, 0.15) is 13.3 Å². The number of amides is 1. The lowest BCUT2D eigenvalue weighted by Gasteiger charge is -2.30. The molecule has 0 aromatic heterocycles. The van der Waals surface area contributed by atoms with Crippen LogP contribution in [-0.4, -0.2) is 40.8 Å². The number of hydrogen-bond donors (Lipinski definition) is 1. The molecular formula is C19H23ClN2O5S. The van der Waals surface area contributed by atoms with E-state index in [0.29, 0.717) is 27.9 Å². The van der Waals surface area contributed by atoms with Crippen molar-refractivity contribution in [2.45, 2.75) is 19.4 Å². The number of sulfonamides is 1. The molecule has 0 aliphatic heterocycles. The number of anilines is 2. The molecule has 1 amide bonds. The summed E-state index contributed by atoms with van der Waals surface area (Å²) in [7, 11) is -0.811. The van der Waals surface area contributed by atoms with Gasteiger partial charge in [0.1, 0.15) is 17.5 Å². The van der Waals surface area contributed by atoms with Crippen LogP contribution in [0, 0.1) is 0 Å². The first-order valence-electron chi connectivity index (χ1n) is 8.49. The minimum Gasteiger partial charge on any atom is -0.495 e. The first kappa shape index (κ1) is 21.8. The van der Waals surface area contributed by atoms with Gasteiger partial charge in [-0.1, -0.05) is 36.7 Å². The number of nitrogens with one attached hydrogen (secondary N) is 1. The van der Waals surface area contributed by atoms with Gasteiger partial charge in [0.25, 0.3) is 0 Å². The Bertz CT molecular complexity index is 935. The van der Waals surface area contributed by atoms with E-state index in [9.17, 15) is 13.2 Å². The Hall–Kier alpha value is -2.45. The lowest BCUT2D eigenvalue weighted by atomic mass is 10.1. The molecule has 7 nitrogen and oxygen atoms in total. The van der Waals surface area contributed by atoms with E-state index in [2.05, 4.69) is 5.32 Å². The van der Waals surface area contributed by atoms with E-state index in [4.69, 9.17) is 21.1 Å². The molecule has 152 valence electrons. The zero-order chi connectivity index (χ0) is 20.9. The molecule has 1 atom stereocenters. The van der Waals surface area contributed by atoms with Crippen LogP contribution in [0.3, 0.4) is 0 Å². The SMILES string of the molecule is CCC(C(=O)Nc1cc(OC)c(Cl)cc1OC)N(c1ccccc1)S(C)(=O)=O. The molecule has 9 heteroatoms. The highest BCUT2D eigenvalue weighted by Crippen LogP contribution is 2.36. The van der Waals surface area contributed by atoms with E-state index in [1.165, 1.54) is 26.4 Å². The van der Waals surface area contributed by atoms with Crippen molar-refractivity contribution in [1.29, 1.82) is 0 Å². The van der Waals surface area contributed by atoms with Crippen molar-refractivity contribution >= 4 is 38.9 Å². The van der Waals surface area contributed by atoms with Gasteiger partial charge in [0.05, 0.1) is 36.9 Å². The van der Waals surface area contributed by atoms with Gasteiger partial charge in [0.2, 0.25) is 15.9 Å². The average Bonchev–Trinajstić information content (AvgIpc) is 2.66. The molecule has 0 saturated carbocycles. The maximum absolute atomic E-state index is 13.0. The minimum atomic E-state index is -3.71. The summed E-state index contributed by atoms with van der Waals surface area (Å²) in [5.74, 6) is 0.188. The van der Waals surface area contributed by atoms with Gasteiger partial charge in [-0.3, -0.25) is 9.10 Å². The molecule has 1 unspecified atom stereocenters. The van der Waals surface area contributed by atoms with Crippen LogP contribution in [0.15, 0.2) is 42.5 Å². The van der Waals surface area contributed by atoms with Crippen molar-refractivity contribution in [2.75, 3.05) is 30.1 Å². The molecule has 0 spiro atoms. The van der Waals surface area contributed by atoms with E-state index in [0.717, 1.165) is 10.6 Å². The Morgan fingerprint density at radius 1 is 1.14 bits per heavy atom. The fraction of sp³-hybridized carbons (Fsp3) is 0.316. The zero-order valence-electron chi connectivity index (χ0n) is 16.1. The number of benzene rings is 2. The Labute approximate surface area is 170 Å². The van der Waals surface area contributed by atoms with Crippen molar-refractivity contribution in [1.82, 2.24) is 0 Å². The van der Waals surface area contributed by atoms with Crippen LogP contribution < -0.4 is 19.1 Å². The van der Waals surface area contributed by atoms with Crippen LogP contribution >= 0.6 is 11.6 Å². The van der Waals surface area contributed by atoms with Crippen molar-refractivity contribution in [3.8, 4) is 11.5 Å². The third-order valence-corrected chi connectivity index (χ3v) is 5.55. The number of carbonyl (C=O) groups excluding carboxylic acids is 1. The molecule has 2 aromatic carbocycles. The zero-order valence-corrected chi connectivity index (χ0v) is 17.7. The topological polar surface area (TPSA) is 84.9 Å². The number of ether oxygens (including phenoxy) is 2. The van der Waals surface area contributed by atoms with Crippen molar-refractivity contribution < 1.29 is 22.7 Å². The third kappa shape index (κ3) is 4.88. The summed E-state index contributed by atoms with van der Waals surface area (Å²) in [5.41, 5.74) is 0.737. The van der Waals surface area contributed by atoms with Gasteiger partial charge in [-0.15, -0.1) is 0 Å². The van der Waals surface area contributed by atoms with E-state index < -0.39 is 22.0 Å². The molecule has 0 bridgehead atoms. The van der Waals surface area contributed by atoms with Gasteiger partial charge >= 0.3 is 0 Å².